The standard InChI is InChI=1S/C22H31FGeN/c1-16-13-21(23)20(17-9-7-6-8-10-17)15-19(16)22-14-18(24(2,3)4)11-12-25(22)5/h11-15,17H,6-10H2,1-5H3/q+1/i6D,7D,8D,9D,10D. The molecule has 1 fully saturated rings. The van der Waals surface area contributed by atoms with Crippen molar-refractivity contribution in [1.29, 1.82) is 0 Å². The molecule has 0 spiro atoms. The molecular weight excluding hydrogens is 370 g/mol. The zero-order valence-electron chi connectivity index (χ0n) is 20.7. The Morgan fingerprint density at radius 3 is 2.44 bits per heavy atom. The number of nitrogens with zero attached hydrogens (tertiary/aromatic N) is 1. The van der Waals surface area contributed by atoms with Crippen molar-refractivity contribution in [2.45, 2.75) is 62.1 Å². The monoisotopic (exact) mass is 407 g/mol. The van der Waals surface area contributed by atoms with Gasteiger partial charge in [-0.3, -0.25) is 0 Å². The molecule has 1 aromatic heterocycles. The first-order valence-corrected chi connectivity index (χ1v) is 16.1. The summed E-state index contributed by atoms with van der Waals surface area (Å²) < 4.78 is 59.5. The van der Waals surface area contributed by atoms with E-state index in [1.807, 2.05) is 24.7 Å². The fraction of sp³-hybridized carbons (Fsp3) is 0.500. The second-order valence-corrected chi connectivity index (χ2v) is 18.5. The van der Waals surface area contributed by atoms with Crippen molar-refractivity contribution in [1.82, 2.24) is 0 Å². The van der Waals surface area contributed by atoms with Gasteiger partial charge in [0, 0.05) is 0 Å². The SMILES string of the molecule is [2H]C1C([2H])C([2H])C(c2cc(-c3c[c]([Ge]([CH3])([CH3])[CH3])cc[n+]3C)c(C)cc2F)C([2H])C1[2H]. The maximum atomic E-state index is 15.1. The number of pyridine rings is 1. The molecule has 0 saturated heterocycles. The van der Waals surface area contributed by atoms with E-state index in [1.165, 1.54) is 10.5 Å². The van der Waals surface area contributed by atoms with Gasteiger partial charge in [0.15, 0.2) is 0 Å². The molecule has 134 valence electrons. The van der Waals surface area contributed by atoms with Crippen molar-refractivity contribution < 1.29 is 15.8 Å². The van der Waals surface area contributed by atoms with Crippen LogP contribution in [0.5, 0.6) is 0 Å². The predicted molar refractivity (Wildman–Crippen MR) is 107 cm³/mol. The number of hydrogen-bond donors (Lipinski definition) is 0. The molecule has 0 amide bonds. The van der Waals surface area contributed by atoms with E-state index in [0.717, 1.165) is 16.8 Å². The normalized spacial score (nSPS) is 36.0. The van der Waals surface area contributed by atoms with Gasteiger partial charge in [-0.05, 0) is 0 Å². The Bertz CT molecular complexity index is 932. The Kier molecular flexibility index (Phi) is 3.78. The molecule has 25 heavy (non-hydrogen) atoms. The molecule has 4 atom stereocenters. The van der Waals surface area contributed by atoms with Gasteiger partial charge in [0.1, 0.15) is 0 Å². The number of rotatable bonds is 3. The van der Waals surface area contributed by atoms with E-state index in [4.69, 9.17) is 6.85 Å². The molecule has 1 aliphatic carbocycles. The van der Waals surface area contributed by atoms with Crippen LogP contribution in [0.25, 0.3) is 11.3 Å². The minimum absolute atomic E-state index is 0.222. The third kappa shape index (κ3) is 3.99. The fourth-order valence-electron chi connectivity index (χ4n) is 3.23. The molecule has 1 aliphatic rings. The van der Waals surface area contributed by atoms with Crippen molar-refractivity contribution in [3.05, 3.63) is 47.4 Å². The third-order valence-corrected chi connectivity index (χ3v) is 9.14. The zero-order valence-corrected chi connectivity index (χ0v) is 17.8. The number of benzene rings is 1. The van der Waals surface area contributed by atoms with E-state index < -0.39 is 57.0 Å². The van der Waals surface area contributed by atoms with Crippen LogP contribution in [0.15, 0.2) is 30.5 Å². The average Bonchev–Trinajstić information content (AvgIpc) is 2.66. The Hall–Kier alpha value is -1.16. The van der Waals surface area contributed by atoms with E-state index in [0.29, 0.717) is 0 Å². The Labute approximate surface area is 161 Å². The molecule has 4 unspecified atom stereocenters. The topological polar surface area (TPSA) is 3.88 Å². The summed E-state index contributed by atoms with van der Waals surface area (Å²) in [4.78, 5) is 0. The molecule has 1 heterocycles. The van der Waals surface area contributed by atoms with E-state index in [-0.39, 0.29) is 5.56 Å². The second kappa shape index (κ2) is 7.22. The van der Waals surface area contributed by atoms with E-state index in [9.17, 15) is 0 Å². The van der Waals surface area contributed by atoms with Crippen LogP contribution in [-0.2, 0) is 7.05 Å². The number of halogens is 1. The summed E-state index contributed by atoms with van der Waals surface area (Å²) in [7, 11) is 1.95. The van der Waals surface area contributed by atoms with Crippen molar-refractivity contribution >= 4 is 17.7 Å². The van der Waals surface area contributed by atoms with Crippen molar-refractivity contribution in [2.24, 2.45) is 7.05 Å². The van der Waals surface area contributed by atoms with E-state index >= 15 is 4.39 Å². The van der Waals surface area contributed by atoms with Gasteiger partial charge in [-0.1, -0.05) is 0 Å². The maximum absolute atomic E-state index is 15.1. The van der Waals surface area contributed by atoms with Gasteiger partial charge in [0.05, 0.1) is 0 Å². The molecule has 0 aliphatic heterocycles. The van der Waals surface area contributed by atoms with Crippen LogP contribution in [0.3, 0.4) is 0 Å². The zero-order chi connectivity index (χ0) is 22.5. The van der Waals surface area contributed by atoms with Crippen molar-refractivity contribution in [2.75, 3.05) is 0 Å². The molecule has 2 aromatic rings. The summed E-state index contributed by atoms with van der Waals surface area (Å²) in [5.41, 5.74) is 2.79. The van der Waals surface area contributed by atoms with Crippen LogP contribution in [0.2, 0.25) is 17.3 Å². The van der Waals surface area contributed by atoms with Gasteiger partial charge < -0.3 is 0 Å². The van der Waals surface area contributed by atoms with Gasteiger partial charge in [-0.2, -0.15) is 0 Å². The van der Waals surface area contributed by atoms with Crippen LogP contribution >= 0.6 is 0 Å². The van der Waals surface area contributed by atoms with Crippen LogP contribution in [0.1, 0.15) is 55.9 Å². The van der Waals surface area contributed by atoms with Gasteiger partial charge in [0.2, 0.25) is 0 Å². The van der Waals surface area contributed by atoms with Crippen molar-refractivity contribution in [3.8, 4) is 11.3 Å². The molecule has 0 radical (unpaired) electrons. The van der Waals surface area contributed by atoms with Gasteiger partial charge >= 0.3 is 161 Å². The van der Waals surface area contributed by atoms with Gasteiger partial charge in [-0.25, -0.2) is 0 Å². The summed E-state index contributed by atoms with van der Waals surface area (Å²) in [6.45, 7) is 1.85. The number of aryl methyl sites for hydroxylation is 2. The predicted octanol–water partition coefficient (Wildman–Crippen LogP) is 5.22. The first kappa shape index (κ1) is 13.1. The Morgan fingerprint density at radius 2 is 1.80 bits per heavy atom. The van der Waals surface area contributed by atoms with Gasteiger partial charge in [0.25, 0.3) is 0 Å². The average molecular weight is 406 g/mol. The molecule has 1 saturated carbocycles. The first-order valence-electron chi connectivity index (χ1n) is 11.6. The summed E-state index contributed by atoms with van der Waals surface area (Å²) in [5, 5.41) is 0. The van der Waals surface area contributed by atoms with Crippen molar-refractivity contribution in [3.63, 3.8) is 0 Å². The molecule has 1 aromatic carbocycles. The van der Waals surface area contributed by atoms with Crippen LogP contribution in [0.4, 0.5) is 4.39 Å². The molecule has 0 bridgehead atoms. The Balaban J connectivity index is 2.17. The van der Waals surface area contributed by atoms with E-state index in [1.54, 1.807) is 6.07 Å². The third-order valence-electron chi connectivity index (χ3n) is 4.85. The minimum atomic E-state index is -2.09. The number of hydrogen-bond acceptors (Lipinski definition) is 0. The molecule has 3 heteroatoms. The Morgan fingerprint density at radius 1 is 1.12 bits per heavy atom. The second-order valence-electron chi connectivity index (χ2n) is 7.84. The fourth-order valence-corrected chi connectivity index (χ4v) is 5.63. The summed E-state index contributed by atoms with van der Waals surface area (Å²) in [6.07, 6.45) is -3.56. The molecule has 1 nitrogen and oxygen atoms in total. The van der Waals surface area contributed by atoms with Crippen LogP contribution in [-0.4, -0.2) is 13.3 Å². The molecule has 3 rings (SSSR count). The van der Waals surface area contributed by atoms with Crippen LogP contribution < -0.4 is 8.96 Å². The quantitative estimate of drug-likeness (QED) is 0.486. The van der Waals surface area contributed by atoms with Crippen LogP contribution in [0, 0.1) is 12.7 Å². The summed E-state index contributed by atoms with van der Waals surface area (Å²) in [6, 6.07) is 7.48. The number of aromatic nitrogens is 1. The molecule has 0 N–H and O–H groups in total. The summed E-state index contributed by atoms with van der Waals surface area (Å²) in [5.74, 6) is 5.56. The summed E-state index contributed by atoms with van der Waals surface area (Å²) >= 11 is -2.09. The van der Waals surface area contributed by atoms with Gasteiger partial charge in [-0.15, -0.1) is 0 Å². The van der Waals surface area contributed by atoms with E-state index in [2.05, 4.69) is 29.4 Å². The molecular formula is C22H31FGeN+. The first-order chi connectivity index (χ1) is 13.8.